The molecular weight excluding hydrogens is 350 g/mol. The molecule has 6 heteroatoms. The third kappa shape index (κ3) is 5.76. The van der Waals surface area contributed by atoms with Crippen LogP contribution < -0.4 is 10.1 Å². The number of rotatable bonds is 8. The fourth-order valence-electron chi connectivity index (χ4n) is 3.20. The Morgan fingerprint density at radius 1 is 1.25 bits per heavy atom. The molecule has 3 nitrogen and oxygen atoms in total. The normalized spacial score (nSPS) is 16.5. The molecule has 24 heavy (non-hydrogen) atoms. The molecule has 0 aromatic heterocycles. The lowest BCUT2D eigenvalue weighted by Gasteiger charge is -2.35. The van der Waals surface area contributed by atoms with E-state index in [4.69, 9.17) is 16.3 Å². The van der Waals surface area contributed by atoms with Crippen LogP contribution in [0.25, 0.3) is 0 Å². The molecule has 0 amide bonds. The van der Waals surface area contributed by atoms with Gasteiger partial charge in [0.1, 0.15) is 0 Å². The van der Waals surface area contributed by atoms with Crippen molar-refractivity contribution in [2.75, 3.05) is 32.8 Å². The molecule has 0 unspecified atom stereocenters. The maximum Gasteiger partial charge on any atom is 0.173 e. The highest BCUT2D eigenvalue weighted by molar-refractivity contribution is 6.32. The average Bonchev–Trinajstić information content (AvgIpc) is 2.56. The summed E-state index contributed by atoms with van der Waals surface area (Å²) >= 11 is 6.26. The number of halogens is 3. The van der Waals surface area contributed by atoms with Crippen LogP contribution >= 0.6 is 24.0 Å². The van der Waals surface area contributed by atoms with Crippen LogP contribution in [0, 0.1) is 5.82 Å². The van der Waals surface area contributed by atoms with Crippen LogP contribution in [0.1, 0.15) is 51.1 Å². The van der Waals surface area contributed by atoms with Gasteiger partial charge in [-0.25, -0.2) is 4.39 Å². The first-order valence-corrected chi connectivity index (χ1v) is 9.11. The van der Waals surface area contributed by atoms with Crippen molar-refractivity contribution in [3.63, 3.8) is 0 Å². The second-order valence-corrected chi connectivity index (χ2v) is 6.45. The summed E-state index contributed by atoms with van der Waals surface area (Å²) in [4.78, 5) is 2.44. The van der Waals surface area contributed by atoms with Crippen molar-refractivity contribution >= 4 is 24.0 Å². The van der Waals surface area contributed by atoms with Crippen LogP contribution in [-0.2, 0) is 0 Å². The van der Waals surface area contributed by atoms with E-state index < -0.39 is 0 Å². The zero-order chi connectivity index (χ0) is 16.7. The van der Waals surface area contributed by atoms with Crippen LogP contribution in [0.3, 0.4) is 0 Å². The number of hydrogen-bond donors (Lipinski definition) is 1. The molecule has 2 rings (SSSR count). The van der Waals surface area contributed by atoms with Gasteiger partial charge in [0.15, 0.2) is 11.6 Å². The van der Waals surface area contributed by atoms with Crippen molar-refractivity contribution in [2.24, 2.45) is 0 Å². The smallest absolute Gasteiger partial charge is 0.173 e. The highest BCUT2D eigenvalue weighted by atomic mass is 35.5. The zero-order valence-electron chi connectivity index (χ0n) is 14.6. The van der Waals surface area contributed by atoms with Crippen LogP contribution in [0.4, 0.5) is 4.39 Å². The molecule has 138 valence electrons. The van der Waals surface area contributed by atoms with Crippen molar-refractivity contribution in [3.05, 3.63) is 28.5 Å². The molecule has 1 aliphatic heterocycles. The summed E-state index contributed by atoms with van der Waals surface area (Å²) in [6.45, 7) is 8.39. The van der Waals surface area contributed by atoms with Gasteiger partial charge in [0, 0.05) is 32.2 Å². The van der Waals surface area contributed by atoms with Gasteiger partial charge in [0.05, 0.1) is 11.6 Å². The topological polar surface area (TPSA) is 24.5 Å². The Hall–Kier alpha value is -0.550. The monoisotopic (exact) mass is 378 g/mol. The average molecular weight is 379 g/mol. The summed E-state index contributed by atoms with van der Waals surface area (Å²) in [6.07, 6.45) is 4.58. The maximum absolute atomic E-state index is 14.4. The summed E-state index contributed by atoms with van der Waals surface area (Å²) in [5.74, 6) is -0.185. The van der Waals surface area contributed by atoms with E-state index >= 15 is 0 Å². The maximum atomic E-state index is 14.4. The molecule has 1 aromatic carbocycles. The van der Waals surface area contributed by atoms with Gasteiger partial charge in [-0.1, -0.05) is 37.8 Å². The Labute approximate surface area is 156 Å². The molecule has 0 aliphatic carbocycles. The van der Waals surface area contributed by atoms with Gasteiger partial charge in [-0.05, 0) is 31.0 Å². The number of hydrogen-bond acceptors (Lipinski definition) is 3. The number of nitrogens with one attached hydrogen (secondary N) is 1. The van der Waals surface area contributed by atoms with E-state index in [2.05, 4.69) is 17.1 Å². The minimum absolute atomic E-state index is 0. The van der Waals surface area contributed by atoms with E-state index in [1.807, 2.05) is 13.0 Å². The molecule has 0 saturated carbocycles. The lowest BCUT2D eigenvalue weighted by molar-refractivity contribution is 0.162. The third-order valence-corrected chi connectivity index (χ3v) is 4.65. The molecule has 1 aromatic rings. The zero-order valence-corrected chi connectivity index (χ0v) is 16.2. The first-order chi connectivity index (χ1) is 11.2. The van der Waals surface area contributed by atoms with Gasteiger partial charge in [0.25, 0.3) is 0 Å². The van der Waals surface area contributed by atoms with E-state index in [9.17, 15) is 4.39 Å². The summed E-state index contributed by atoms with van der Waals surface area (Å²) in [6, 6.07) is 3.72. The standard InChI is InChI=1S/C18H28ClFN2O.ClH/c1-3-5-6-7-17(22-10-8-21-9-11-22)14-12-15(19)18(23-4-2)16(20)13-14;/h12-13,17,21H,3-11H2,1-2H3;1H/t17-;/m0./s1. The van der Waals surface area contributed by atoms with Gasteiger partial charge in [0.2, 0.25) is 0 Å². The fourth-order valence-corrected chi connectivity index (χ4v) is 3.47. The molecule has 0 radical (unpaired) electrons. The summed E-state index contributed by atoms with van der Waals surface area (Å²) in [7, 11) is 0. The second kappa shape index (κ2) is 11.1. The highest BCUT2D eigenvalue weighted by Gasteiger charge is 2.24. The molecule has 1 fully saturated rings. The van der Waals surface area contributed by atoms with E-state index in [-0.39, 0.29) is 30.0 Å². The van der Waals surface area contributed by atoms with Crippen molar-refractivity contribution in [1.29, 1.82) is 0 Å². The van der Waals surface area contributed by atoms with Crippen molar-refractivity contribution in [3.8, 4) is 5.75 Å². The lowest BCUT2D eigenvalue weighted by Crippen LogP contribution is -2.45. The first-order valence-electron chi connectivity index (χ1n) is 8.73. The lowest BCUT2D eigenvalue weighted by atomic mass is 9.97. The number of unbranched alkanes of at least 4 members (excludes halogenated alkanes) is 2. The molecular formula is C18H29Cl2FN2O. The molecule has 1 heterocycles. The van der Waals surface area contributed by atoms with Crippen LogP contribution in [0.15, 0.2) is 12.1 Å². The quantitative estimate of drug-likeness (QED) is 0.655. The minimum Gasteiger partial charge on any atom is -0.489 e. The minimum atomic E-state index is -0.357. The predicted octanol–water partition coefficient (Wildman–Crippen LogP) is 4.83. The Bertz CT molecular complexity index is 473. The molecule has 1 atom stereocenters. The highest BCUT2D eigenvalue weighted by Crippen LogP contribution is 2.35. The third-order valence-electron chi connectivity index (χ3n) is 4.37. The van der Waals surface area contributed by atoms with E-state index in [1.165, 1.54) is 12.8 Å². The SMILES string of the molecule is CCCCC[C@@H](c1cc(F)c(OCC)c(Cl)c1)N1CCNCC1.Cl. The number of ether oxygens (including phenoxy) is 1. The van der Waals surface area contributed by atoms with Gasteiger partial charge < -0.3 is 10.1 Å². The van der Waals surface area contributed by atoms with Gasteiger partial charge in [-0.15, -0.1) is 12.4 Å². The van der Waals surface area contributed by atoms with Crippen molar-refractivity contribution < 1.29 is 9.13 Å². The summed E-state index contributed by atoms with van der Waals surface area (Å²) in [5.41, 5.74) is 0.967. The number of benzene rings is 1. The second-order valence-electron chi connectivity index (χ2n) is 6.04. The van der Waals surface area contributed by atoms with E-state index in [0.717, 1.165) is 44.6 Å². The first kappa shape index (κ1) is 21.5. The van der Waals surface area contributed by atoms with Crippen LogP contribution in [0.2, 0.25) is 5.02 Å². The molecule has 0 bridgehead atoms. The molecule has 0 spiro atoms. The summed E-state index contributed by atoms with van der Waals surface area (Å²) in [5, 5.41) is 3.75. The van der Waals surface area contributed by atoms with Gasteiger partial charge >= 0.3 is 0 Å². The molecule has 1 N–H and O–H groups in total. The number of nitrogens with zero attached hydrogens (tertiary/aromatic N) is 1. The Balaban J connectivity index is 0.00000288. The fraction of sp³-hybridized carbons (Fsp3) is 0.667. The van der Waals surface area contributed by atoms with Crippen LogP contribution in [-0.4, -0.2) is 37.7 Å². The predicted molar refractivity (Wildman–Crippen MR) is 101 cm³/mol. The molecule has 1 aliphatic rings. The van der Waals surface area contributed by atoms with Crippen molar-refractivity contribution in [2.45, 2.75) is 45.6 Å². The largest absolute Gasteiger partial charge is 0.489 e. The Morgan fingerprint density at radius 2 is 1.96 bits per heavy atom. The van der Waals surface area contributed by atoms with Crippen LogP contribution in [0.5, 0.6) is 5.75 Å². The Morgan fingerprint density at radius 3 is 2.54 bits per heavy atom. The van der Waals surface area contributed by atoms with Gasteiger partial charge in [-0.2, -0.15) is 0 Å². The summed E-state index contributed by atoms with van der Waals surface area (Å²) < 4.78 is 19.7. The molecule has 1 saturated heterocycles. The van der Waals surface area contributed by atoms with E-state index in [0.29, 0.717) is 11.6 Å². The number of piperazine rings is 1. The van der Waals surface area contributed by atoms with Crippen molar-refractivity contribution in [1.82, 2.24) is 10.2 Å². The van der Waals surface area contributed by atoms with Gasteiger partial charge in [-0.3, -0.25) is 4.90 Å². The Kier molecular flexibility index (Phi) is 9.98. The van der Waals surface area contributed by atoms with E-state index in [1.54, 1.807) is 6.07 Å².